The van der Waals surface area contributed by atoms with Gasteiger partial charge in [0.05, 0.1) is 17.3 Å². The van der Waals surface area contributed by atoms with E-state index in [1.165, 1.54) is 4.57 Å². The Morgan fingerprint density at radius 2 is 1.89 bits per heavy atom. The third-order valence-corrected chi connectivity index (χ3v) is 6.75. The average molecular weight is 486 g/mol. The number of hydrogen-bond donors (Lipinski definition) is 0. The first-order valence-corrected chi connectivity index (χ1v) is 11.8. The normalized spacial score (nSPS) is 17.3. The minimum Gasteiger partial charge on any atom is -0.349 e. The topological polar surface area (TPSA) is 90.9 Å². The van der Waals surface area contributed by atoms with Crippen LogP contribution in [-0.2, 0) is 7.05 Å². The van der Waals surface area contributed by atoms with Gasteiger partial charge in [0, 0.05) is 43.9 Å². The fourth-order valence-electron chi connectivity index (χ4n) is 4.76. The highest BCUT2D eigenvalue weighted by atomic mass is 35.5. The Labute approximate surface area is 208 Å². The smallest absolute Gasteiger partial charge is 0.349 e. The van der Waals surface area contributed by atoms with E-state index in [-0.39, 0.29) is 17.8 Å². The zero-order valence-electron chi connectivity index (χ0n) is 19.5. The maximum Gasteiger partial charge on any atom is 0.349 e. The van der Waals surface area contributed by atoms with Crippen LogP contribution < -0.4 is 10.6 Å². The lowest BCUT2D eigenvalue weighted by atomic mass is 9.99. The Morgan fingerprint density at radius 1 is 1.09 bits per heavy atom. The maximum atomic E-state index is 12.6. The fraction of sp³-hybridized carbons (Fsp3) is 0.269. The highest BCUT2D eigenvalue weighted by molar-refractivity contribution is 6.30. The molecule has 9 heteroatoms. The molecule has 1 aliphatic rings. The Morgan fingerprint density at radius 3 is 2.57 bits per heavy atom. The first-order chi connectivity index (χ1) is 17.0. The van der Waals surface area contributed by atoms with Crippen molar-refractivity contribution in [2.75, 3.05) is 24.5 Å². The number of nitrogens with zero attached hydrogens (tertiary/aromatic N) is 7. The first kappa shape index (κ1) is 23.0. The summed E-state index contributed by atoms with van der Waals surface area (Å²) in [4.78, 5) is 30.7. The highest BCUT2D eigenvalue weighted by Gasteiger charge is 2.32. The van der Waals surface area contributed by atoms with Crippen LogP contribution >= 0.6 is 11.6 Å². The number of rotatable bonds is 4. The number of benzene rings is 1. The van der Waals surface area contributed by atoms with Gasteiger partial charge in [-0.05, 0) is 48.9 Å². The van der Waals surface area contributed by atoms with Gasteiger partial charge in [-0.25, -0.2) is 9.78 Å². The van der Waals surface area contributed by atoms with E-state index in [9.17, 15) is 10.1 Å². The number of hydrogen-bond acceptors (Lipinski definition) is 7. The molecule has 3 aromatic heterocycles. The van der Waals surface area contributed by atoms with Crippen LogP contribution in [0, 0.1) is 11.3 Å². The van der Waals surface area contributed by atoms with Crippen LogP contribution in [0.4, 0.5) is 5.82 Å². The molecule has 1 aromatic carbocycles. The maximum absolute atomic E-state index is 12.6. The number of aromatic nitrogens is 4. The van der Waals surface area contributed by atoms with E-state index in [1.54, 1.807) is 19.2 Å². The van der Waals surface area contributed by atoms with Crippen molar-refractivity contribution < 1.29 is 0 Å². The molecule has 176 valence electrons. The third-order valence-electron chi connectivity index (χ3n) is 6.50. The quantitative estimate of drug-likeness (QED) is 0.436. The minimum atomic E-state index is -0.346. The van der Waals surface area contributed by atoms with E-state index in [2.05, 4.69) is 37.7 Å². The summed E-state index contributed by atoms with van der Waals surface area (Å²) >= 11 is 6.16. The number of pyridine rings is 2. The zero-order chi connectivity index (χ0) is 24.5. The van der Waals surface area contributed by atoms with E-state index in [0.29, 0.717) is 34.1 Å². The van der Waals surface area contributed by atoms with Crippen LogP contribution in [0.5, 0.6) is 0 Å². The second-order valence-electron chi connectivity index (χ2n) is 8.70. The molecule has 0 saturated carbocycles. The monoisotopic (exact) mass is 485 g/mol. The van der Waals surface area contributed by atoms with Gasteiger partial charge in [0.1, 0.15) is 17.3 Å². The van der Waals surface area contributed by atoms with E-state index >= 15 is 0 Å². The fourth-order valence-corrected chi connectivity index (χ4v) is 4.88. The molecule has 2 atom stereocenters. The molecular formula is C26H24ClN7O. The van der Waals surface area contributed by atoms with Crippen molar-refractivity contribution >= 4 is 28.5 Å². The molecule has 0 radical (unpaired) electrons. The van der Waals surface area contributed by atoms with E-state index < -0.39 is 0 Å². The van der Waals surface area contributed by atoms with Crippen molar-refractivity contribution in [3.63, 3.8) is 0 Å². The van der Waals surface area contributed by atoms with E-state index in [4.69, 9.17) is 11.6 Å². The standard InChI is InChI=1S/C26H24ClN7O/c1-17-16-33(24(21-5-3-4-12-29-21)18-6-8-19(27)9-7-18)13-14-34(17)25-23-22(32(2)26(35)31-25)11-10-20(15-28)30-23/h3-12,17,24H,13-14,16H2,1-2H3. The van der Waals surface area contributed by atoms with Crippen molar-refractivity contribution in [1.29, 1.82) is 5.26 Å². The zero-order valence-corrected chi connectivity index (χ0v) is 20.2. The Bertz CT molecular complexity index is 1460. The third kappa shape index (κ3) is 4.36. The van der Waals surface area contributed by atoms with Gasteiger partial charge in [-0.1, -0.05) is 29.8 Å². The van der Waals surface area contributed by atoms with Crippen molar-refractivity contribution in [2.24, 2.45) is 7.05 Å². The summed E-state index contributed by atoms with van der Waals surface area (Å²) in [6, 6.07) is 19.3. The van der Waals surface area contributed by atoms with Crippen LogP contribution in [0.1, 0.15) is 29.9 Å². The molecular weight excluding hydrogens is 462 g/mol. The number of piperazine rings is 1. The molecule has 35 heavy (non-hydrogen) atoms. The van der Waals surface area contributed by atoms with Crippen LogP contribution in [-0.4, -0.2) is 50.1 Å². The summed E-state index contributed by atoms with van der Waals surface area (Å²) in [7, 11) is 1.67. The SMILES string of the molecule is CC1CN(C(c2ccc(Cl)cc2)c2ccccn2)CCN1c1nc(=O)n(C)c2ccc(C#N)nc12. The Balaban J connectivity index is 1.51. The van der Waals surface area contributed by atoms with Gasteiger partial charge >= 0.3 is 5.69 Å². The van der Waals surface area contributed by atoms with Gasteiger partial charge in [0.2, 0.25) is 0 Å². The second-order valence-corrected chi connectivity index (χ2v) is 9.14. The van der Waals surface area contributed by atoms with Crippen LogP contribution in [0.25, 0.3) is 11.0 Å². The molecule has 1 aliphatic heterocycles. The minimum absolute atomic E-state index is 0.0327. The summed E-state index contributed by atoms with van der Waals surface area (Å²) in [5.41, 5.74) is 3.25. The van der Waals surface area contributed by atoms with Crippen LogP contribution in [0.15, 0.2) is 65.6 Å². The molecule has 0 amide bonds. The lowest BCUT2D eigenvalue weighted by Crippen LogP contribution is -2.53. The lowest BCUT2D eigenvalue weighted by Gasteiger charge is -2.43. The van der Waals surface area contributed by atoms with Gasteiger partial charge in [0.25, 0.3) is 0 Å². The van der Waals surface area contributed by atoms with Crippen molar-refractivity contribution in [2.45, 2.75) is 19.0 Å². The molecule has 0 bridgehead atoms. The van der Waals surface area contributed by atoms with Crippen molar-refractivity contribution in [3.8, 4) is 6.07 Å². The molecule has 2 unspecified atom stereocenters. The largest absolute Gasteiger partial charge is 0.349 e. The summed E-state index contributed by atoms with van der Waals surface area (Å²) in [5, 5.41) is 10.1. The molecule has 4 aromatic rings. The molecule has 8 nitrogen and oxygen atoms in total. The number of fused-ring (bicyclic) bond motifs is 1. The number of halogens is 1. The van der Waals surface area contributed by atoms with Gasteiger partial charge in [0.15, 0.2) is 5.82 Å². The molecule has 0 aliphatic carbocycles. The first-order valence-electron chi connectivity index (χ1n) is 11.4. The van der Waals surface area contributed by atoms with Crippen molar-refractivity contribution in [3.05, 3.63) is 93.3 Å². The Kier molecular flexibility index (Phi) is 6.20. The molecule has 1 fully saturated rings. The Hall–Kier alpha value is -3.80. The van der Waals surface area contributed by atoms with Gasteiger partial charge in [-0.2, -0.15) is 10.2 Å². The highest BCUT2D eigenvalue weighted by Crippen LogP contribution is 2.32. The molecule has 0 N–H and O–H groups in total. The van der Waals surface area contributed by atoms with Crippen LogP contribution in [0.2, 0.25) is 5.02 Å². The van der Waals surface area contributed by atoms with E-state index in [0.717, 1.165) is 24.3 Å². The summed E-state index contributed by atoms with van der Waals surface area (Å²) in [6.45, 7) is 4.21. The van der Waals surface area contributed by atoms with Gasteiger partial charge < -0.3 is 4.90 Å². The predicted octanol–water partition coefficient (Wildman–Crippen LogP) is 3.55. The number of aryl methyl sites for hydroxylation is 1. The summed E-state index contributed by atoms with van der Waals surface area (Å²) in [5.74, 6) is 0.522. The van der Waals surface area contributed by atoms with Crippen molar-refractivity contribution in [1.82, 2.24) is 24.4 Å². The van der Waals surface area contributed by atoms with Crippen LogP contribution in [0.3, 0.4) is 0 Å². The number of nitriles is 1. The van der Waals surface area contributed by atoms with E-state index in [1.807, 2.05) is 48.7 Å². The second kappa shape index (κ2) is 9.45. The predicted molar refractivity (Wildman–Crippen MR) is 135 cm³/mol. The van der Waals surface area contributed by atoms with Gasteiger partial charge in [-0.15, -0.1) is 0 Å². The molecule has 1 saturated heterocycles. The molecule has 0 spiro atoms. The average Bonchev–Trinajstić information content (AvgIpc) is 2.88. The molecule has 4 heterocycles. The lowest BCUT2D eigenvalue weighted by molar-refractivity contribution is 0.185. The number of anilines is 1. The van der Waals surface area contributed by atoms with Gasteiger partial charge in [-0.3, -0.25) is 14.5 Å². The summed E-state index contributed by atoms with van der Waals surface area (Å²) < 4.78 is 1.46. The molecule has 5 rings (SSSR count). The summed E-state index contributed by atoms with van der Waals surface area (Å²) in [6.07, 6.45) is 1.81.